The molecule has 9 rings (SSSR count). The molecule has 6 aromatic carbocycles. The summed E-state index contributed by atoms with van der Waals surface area (Å²) in [5, 5.41) is 6.22. The van der Waals surface area contributed by atoms with E-state index < -0.39 is 0 Å². The zero-order valence-electron chi connectivity index (χ0n) is 21.9. The van der Waals surface area contributed by atoms with Crippen molar-refractivity contribution < 1.29 is 0 Å². The molecule has 0 N–H and O–H groups in total. The second-order valence-corrected chi connectivity index (χ2v) is 12.5. The fourth-order valence-corrected chi connectivity index (χ4v) is 8.33. The molecule has 0 radical (unpaired) electrons. The van der Waals surface area contributed by atoms with E-state index >= 15 is 0 Å². The lowest BCUT2D eigenvalue weighted by atomic mass is 10.0. The first kappa shape index (κ1) is 23.0. The molecule has 0 saturated heterocycles. The second-order valence-electron chi connectivity index (χ2n) is 10.4. The minimum absolute atomic E-state index is 1.04. The predicted molar refractivity (Wildman–Crippen MR) is 178 cm³/mol. The highest BCUT2D eigenvalue weighted by molar-refractivity contribution is 7.25. The van der Waals surface area contributed by atoms with Gasteiger partial charge in [-0.15, -0.1) is 22.7 Å². The fourth-order valence-electron chi connectivity index (χ4n) is 6.14. The molecular formula is C37H22N2S2. The average Bonchev–Trinajstić information content (AvgIpc) is 3.73. The van der Waals surface area contributed by atoms with Gasteiger partial charge in [-0.05, 0) is 59.7 Å². The highest BCUT2D eigenvalue weighted by Crippen LogP contribution is 2.42. The van der Waals surface area contributed by atoms with Crippen molar-refractivity contribution in [3.05, 3.63) is 133 Å². The molecule has 0 aliphatic heterocycles. The molecule has 0 atom stereocenters. The van der Waals surface area contributed by atoms with Crippen LogP contribution < -0.4 is 0 Å². The summed E-state index contributed by atoms with van der Waals surface area (Å²) < 4.78 is 6.31. The summed E-state index contributed by atoms with van der Waals surface area (Å²) in [5.74, 6) is 0. The summed E-state index contributed by atoms with van der Waals surface area (Å²) in [6.45, 7) is 0. The largest absolute Gasteiger partial charge is 0.308 e. The molecule has 3 heterocycles. The Kier molecular flexibility index (Phi) is 4.97. The summed E-state index contributed by atoms with van der Waals surface area (Å²) in [6, 6.07) is 48.2. The highest BCUT2D eigenvalue weighted by Gasteiger charge is 2.18. The van der Waals surface area contributed by atoms with Crippen LogP contribution >= 0.6 is 22.7 Å². The number of nitrogens with zero attached hydrogens (tertiary/aromatic N) is 2. The first-order valence-corrected chi connectivity index (χ1v) is 15.4. The van der Waals surface area contributed by atoms with Crippen molar-refractivity contribution in [1.29, 1.82) is 0 Å². The monoisotopic (exact) mass is 558 g/mol. The third-order valence-corrected chi connectivity index (χ3v) is 10.3. The first-order chi connectivity index (χ1) is 20.3. The van der Waals surface area contributed by atoms with E-state index in [1.165, 1.54) is 57.8 Å². The molecule has 2 nitrogen and oxygen atoms in total. The number of rotatable bonds is 3. The normalized spacial score (nSPS) is 11.9. The van der Waals surface area contributed by atoms with Crippen LogP contribution in [0.25, 0.3) is 79.6 Å². The van der Waals surface area contributed by atoms with Gasteiger partial charge in [0.05, 0.1) is 21.3 Å². The second kappa shape index (κ2) is 8.87. The molecule has 0 amide bonds. The SMILES string of the molecule is c1ccc(-c2nc3ccc4c5ccccc5n(-c5cccc(-c6ccc7sc8ccccc8c7c6)c5)c4c3s2)cc1. The van der Waals surface area contributed by atoms with Gasteiger partial charge in [0.25, 0.3) is 0 Å². The lowest BCUT2D eigenvalue weighted by Gasteiger charge is -2.11. The van der Waals surface area contributed by atoms with Gasteiger partial charge in [-0.2, -0.15) is 0 Å². The molecule has 0 aliphatic rings. The van der Waals surface area contributed by atoms with Crippen molar-refractivity contribution in [3.8, 4) is 27.4 Å². The molecule has 0 spiro atoms. The summed E-state index contributed by atoms with van der Waals surface area (Å²) in [7, 11) is 0. The summed E-state index contributed by atoms with van der Waals surface area (Å²) in [6.07, 6.45) is 0. The Balaban J connectivity index is 1.29. The van der Waals surface area contributed by atoms with Crippen molar-refractivity contribution in [3.63, 3.8) is 0 Å². The van der Waals surface area contributed by atoms with Crippen molar-refractivity contribution in [2.45, 2.75) is 0 Å². The maximum atomic E-state index is 5.06. The molecule has 41 heavy (non-hydrogen) atoms. The van der Waals surface area contributed by atoms with Crippen LogP contribution in [0.5, 0.6) is 0 Å². The van der Waals surface area contributed by atoms with E-state index in [4.69, 9.17) is 4.98 Å². The van der Waals surface area contributed by atoms with Crippen molar-refractivity contribution >= 4 is 74.9 Å². The van der Waals surface area contributed by atoms with Gasteiger partial charge in [-0.1, -0.05) is 84.9 Å². The van der Waals surface area contributed by atoms with E-state index in [2.05, 4.69) is 138 Å². The number of hydrogen-bond acceptors (Lipinski definition) is 3. The van der Waals surface area contributed by atoms with E-state index in [-0.39, 0.29) is 0 Å². The molecule has 0 aliphatic carbocycles. The van der Waals surface area contributed by atoms with Crippen LogP contribution in [0.2, 0.25) is 0 Å². The Morgan fingerprint density at radius 3 is 2.17 bits per heavy atom. The van der Waals surface area contributed by atoms with Gasteiger partial charge < -0.3 is 4.57 Å². The van der Waals surface area contributed by atoms with Gasteiger partial charge in [0.15, 0.2) is 0 Å². The number of thiazole rings is 1. The Hall–Kier alpha value is -4.77. The zero-order valence-corrected chi connectivity index (χ0v) is 23.5. The Labute approximate surface area is 244 Å². The van der Waals surface area contributed by atoms with Crippen LogP contribution in [0, 0.1) is 0 Å². The van der Waals surface area contributed by atoms with Gasteiger partial charge >= 0.3 is 0 Å². The molecule has 0 unspecified atom stereocenters. The number of para-hydroxylation sites is 1. The van der Waals surface area contributed by atoms with Crippen LogP contribution in [0.1, 0.15) is 0 Å². The quantitative estimate of drug-likeness (QED) is 0.211. The third-order valence-electron chi connectivity index (χ3n) is 8.03. The topological polar surface area (TPSA) is 17.8 Å². The highest BCUT2D eigenvalue weighted by atomic mass is 32.1. The van der Waals surface area contributed by atoms with E-state index in [9.17, 15) is 0 Å². The van der Waals surface area contributed by atoms with E-state index in [1.807, 2.05) is 11.3 Å². The minimum Gasteiger partial charge on any atom is -0.308 e. The van der Waals surface area contributed by atoms with Gasteiger partial charge in [-0.25, -0.2) is 4.98 Å². The van der Waals surface area contributed by atoms with Crippen LogP contribution in [0.3, 0.4) is 0 Å². The Bertz CT molecular complexity index is 2430. The molecule has 3 aromatic heterocycles. The van der Waals surface area contributed by atoms with Crippen LogP contribution in [0.4, 0.5) is 0 Å². The number of aromatic nitrogens is 2. The molecule has 192 valence electrons. The fraction of sp³-hybridized carbons (Fsp3) is 0. The maximum absolute atomic E-state index is 5.06. The average molecular weight is 559 g/mol. The van der Waals surface area contributed by atoms with Gasteiger partial charge in [0.2, 0.25) is 0 Å². The van der Waals surface area contributed by atoms with E-state index in [0.717, 1.165) is 21.8 Å². The number of thiophene rings is 1. The molecule has 0 saturated carbocycles. The zero-order chi connectivity index (χ0) is 26.9. The van der Waals surface area contributed by atoms with E-state index in [0.29, 0.717) is 0 Å². The number of fused-ring (bicyclic) bond motifs is 8. The molecular weight excluding hydrogens is 537 g/mol. The van der Waals surface area contributed by atoms with Gasteiger partial charge in [0, 0.05) is 42.2 Å². The number of benzene rings is 6. The maximum Gasteiger partial charge on any atom is 0.124 e. The summed E-state index contributed by atoms with van der Waals surface area (Å²) in [5.41, 5.74) is 8.23. The standard InChI is InChI=1S/C37H22N2S2/c1-2-9-23(10-3-1)37-38-31-19-18-29-27-13-4-6-15-32(27)39(35(29)36(31)41-37)26-12-8-11-24(21-26)25-17-20-34-30(22-25)28-14-5-7-16-33(28)40-34/h1-22H. The van der Waals surface area contributed by atoms with Crippen LogP contribution in [0.15, 0.2) is 133 Å². The minimum atomic E-state index is 1.04. The third kappa shape index (κ3) is 3.51. The van der Waals surface area contributed by atoms with Crippen molar-refractivity contribution in [1.82, 2.24) is 9.55 Å². The Morgan fingerprint density at radius 2 is 1.24 bits per heavy atom. The Morgan fingerprint density at radius 1 is 0.488 bits per heavy atom. The molecule has 4 heteroatoms. The lowest BCUT2D eigenvalue weighted by Crippen LogP contribution is -1.94. The molecule has 0 fully saturated rings. The predicted octanol–water partition coefficient (Wildman–Crippen LogP) is 11.1. The summed E-state index contributed by atoms with van der Waals surface area (Å²) in [4.78, 5) is 5.06. The number of hydrogen-bond donors (Lipinski definition) is 0. The van der Waals surface area contributed by atoms with Crippen molar-refractivity contribution in [2.75, 3.05) is 0 Å². The van der Waals surface area contributed by atoms with Crippen molar-refractivity contribution in [2.24, 2.45) is 0 Å². The van der Waals surface area contributed by atoms with E-state index in [1.54, 1.807) is 11.3 Å². The summed E-state index contributed by atoms with van der Waals surface area (Å²) >= 11 is 3.64. The van der Waals surface area contributed by atoms with Crippen LogP contribution in [-0.2, 0) is 0 Å². The van der Waals surface area contributed by atoms with Gasteiger partial charge in [-0.3, -0.25) is 0 Å². The first-order valence-electron chi connectivity index (χ1n) is 13.7. The van der Waals surface area contributed by atoms with Crippen LogP contribution in [-0.4, -0.2) is 9.55 Å². The van der Waals surface area contributed by atoms with Gasteiger partial charge in [0.1, 0.15) is 5.01 Å². The molecule has 9 aromatic rings. The lowest BCUT2D eigenvalue weighted by molar-refractivity contribution is 1.19. The molecule has 0 bridgehead atoms. The smallest absolute Gasteiger partial charge is 0.124 e.